The summed E-state index contributed by atoms with van der Waals surface area (Å²) in [5.41, 5.74) is 6.19. The Bertz CT molecular complexity index is 1940. The van der Waals surface area contributed by atoms with Gasteiger partial charge in [0.25, 0.3) is 0 Å². The first-order valence-electron chi connectivity index (χ1n) is 14.2. The smallest absolute Gasteiger partial charge is 0.123 e. The van der Waals surface area contributed by atoms with Crippen LogP contribution in [0.1, 0.15) is 23.6 Å². The highest BCUT2D eigenvalue weighted by Crippen LogP contribution is 2.45. The molecule has 2 nitrogen and oxygen atoms in total. The van der Waals surface area contributed by atoms with E-state index in [1.165, 1.54) is 0 Å². The lowest BCUT2D eigenvalue weighted by molar-refractivity contribution is 0.476. The van der Waals surface area contributed by atoms with E-state index in [0.29, 0.717) is 0 Å². The Hall–Kier alpha value is -5.34. The van der Waals surface area contributed by atoms with Crippen molar-refractivity contribution in [2.45, 2.75) is 12.3 Å². The molecule has 0 unspecified atom stereocenters. The molecule has 0 aliphatic heterocycles. The molecular weight excluding hydrogens is 512 g/mol. The summed E-state index contributed by atoms with van der Waals surface area (Å²) in [6, 6.07) is 51.3. The van der Waals surface area contributed by atoms with Gasteiger partial charge in [-0.2, -0.15) is 0 Å². The first-order valence-corrected chi connectivity index (χ1v) is 14.2. The van der Waals surface area contributed by atoms with E-state index >= 15 is 0 Å². The van der Waals surface area contributed by atoms with E-state index in [2.05, 4.69) is 91.9 Å². The topological polar surface area (TPSA) is 40.5 Å². The summed E-state index contributed by atoms with van der Waals surface area (Å²) < 4.78 is 0. The average Bonchev–Trinajstić information content (AvgIpc) is 3.05. The summed E-state index contributed by atoms with van der Waals surface area (Å²) in [6.45, 7) is 2.22. The number of phenols is 2. The van der Waals surface area contributed by atoms with Gasteiger partial charge in [0.2, 0.25) is 0 Å². The van der Waals surface area contributed by atoms with Crippen LogP contribution in [-0.2, 0) is 5.41 Å². The van der Waals surface area contributed by atoms with Gasteiger partial charge in [-0.15, -0.1) is 0 Å². The van der Waals surface area contributed by atoms with Gasteiger partial charge in [-0.25, -0.2) is 0 Å². The molecule has 0 aliphatic rings. The predicted octanol–water partition coefficient (Wildman–Crippen LogP) is 10.1. The molecule has 0 saturated carbocycles. The first-order chi connectivity index (χ1) is 20.5. The standard InChI is InChI=1S/C40H30O2/c1-40(29-15-3-2-4-16-29,30-21-23-38(41)36(25-30)34-19-9-13-27-11-5-7-17-32(27)34)31-22-24-39(42)37(26-31)35-20-10-14-28-12-6-8-18-33(28)35/h2-26,41-42H,1H3. The molecule has 202 valence electrons. The van der Waals surface area contributed by atoms with Crippen LogP contribution in [0.5, 0.6) is 11.5 Å². The zero-order valence-electron chi connectivity index (χ0n) is 23.3. The molecule has 2 heteroatoms. The van der Waals surface area contributed by atoms with Crippen molar-refractivity contribution in [2.75, 3.05) is 0 Å². The van der Waals surface area contributed by atoms with Gasteiger partial charge in [-0.05, 0) is 80.6 Å². The summed E-state index contributed by atoms with van der Waals surface area (Å²) in [6.07, 6.45) is 0. The van der Waals surface area contributed by atoms with Crippen molar-refractivity contribution in [3.05, 3.63) is 168 Å². The Morgan fingerprint density at radius 3 is 1.31 bits per heavy atom. The Morgan fingerprint density at radius 2 is 0.810 bits per heavy atom. The van der Waals surface area contributed by atoms with E-state index in [9.17, 15) is 10.2 Å². The Balaban J connectivity index is 1.47. The van der Waals surface area contributed by atoms with E-state index in [4.69, 9.17) is 0 Å². The second-order valence-electron chi connectivity index (χ2n) is 11.0. The molecule has 2 N–H and O–H groups in total. The lowest BCUT2D eigenvalue weighted by Gasteiger charge is -2.33. The molecule has 0 bridgehead atoms. The fourth-order valence-corrected chi connectivity index (χ4v) is 6.32. The predicted molar refractivity (Wildman–Crippen MR) is 174 cm³/mol. The van der Waals surface area contributed by atoms with Crippen LogP contribution in [0.4, 0.5) is 0 Å². The highest BCUT2D eigenvalue weighted by molar-refractivity contribution is 5.99. The van der Waals surface area contributed by atoms with Crippen LogP contribution in [0.3, 0.4) is 0 Å². The monoisotopic (exact) mass is 542 g/mol. The molecule has 0 heterocycles. The van der Waals surface area contributed by atoms with Gasteiger partial charge >= 0.3 is 0 Å². The van der Waals surface area contributed by atoms with Gasteiger partial charge in [0.05, 0.1) is 0 Å². The molecule has 0 aliphatic carbocycles. The Morgan fingerprint density at radius 1 is 0.381 bits per heavy atom. The third kappa shape index (κ3) is 4.20. The second kappa shape index (κ2) is 10.2. The maximum atomic E-state index is 11.2. The van der Waals surface area contributed by atoms with Crippen molar-refractivity contribution in [1.82, 2.24) is 0 Å². The summed E-state index contributed by atoms with van der Waals surface area (Å²) in [7, 11) is 0. The molecule has 0 spiro atoms. The van der Waals surface area contributed by atoms with Crippen molar-refractivity contribution < 1.29 is 10.2 Å². The van der Waals surface area contributed by atoms with Gasteiger partial charge in [-0.3, -0.25) is 0 Å². The third-order valence-corrected chi connectivity index (χ3v) is 8.66. The van der Waals surface area contributed by atoms with Crippen LogP contribution in [0.25, 0.3) is 43.8 Å². The molecule has 7 aromatic rings. The molecule has 7 rings (SSSR count). The molecule has 0 aromatic heterocycles. The van der Waals surface area contributed by atoms with Gasteiger partial charge in [-0.1, -0.05) is 127 Å². The zero-order chi connectivity index (χ0) is 28.7. The number of hydrogen-bond acceptors (Lipinski definition) is 2. The molecule has 0 amide bonds. The number of aromatic hydroxyl groups is 2. The normalized spacial score (nSPS) is 11.6. The van der Waals surface area contributed by atoms with Crippen molar-refractivity contribution in [3.63, 3.8) is 0 Å². The van der Waals surface area contributed by atoms with Crippen LogP contribution in [-0.4, -0.2) is 10.2 Å². The van der Waals surface area contributed by atoms with Crippen LogP contribution in [0.2, 0.25) is 0 Å². The van der Waals surface area contributed by atoms with Gasteiger partial charge in [0.1, 0.15) is 11.5 Å². The highest BCUT2D eigenvalue weighted by Gasteiger charge is 2.33. The van der Waals surface area contributed by atoms with Crippen molar-refractivity contribution >= 4 is 21.5 Å². The first kappa shape index (κ1) is 25.6. The summed E-state index contributed by atoms with van der Waals surface area (Å²) >= 11 is 0. The van der Waals surface area contributed by atoms with Crippen molar-refractivity contribution in [2.24, 2.45) is 0 Å². The number of phenolic OH excluding ortho intramolecular Hbond substituents is 2. The number of fused-ring (bicyclic) bond motifs is 2. The number of benzene rings is 7. The Kier molecular flexibility index (Phi) is 6.25. The molecule has 7 aromatic carbocycles. The maximum Gasteiger partial charge on any atom is 0.123 e. The maximum absolute atomic E-state index is 11.2. The summed E-state index contributed by atoms with van der Waals surface area (Å²) in [5, 5.41) is 26.7. The van der Waals surface area contributed by atoms with Gasteiger partial charge < -0.3 is 10.2 Å². The molecular formula is C40H30O2. The second-order valence-corrected chi connectivity index (χ2v) is 11.0. The molecule has 42 heavy (non-hydrogen) atoms. The van der Waals surface area contributed by atoms with Crippen LogP contribution in [0.15, 0.2) is 152 Å². The minimum atomic E-state index is -0.582. The SMILES string of the molecule is CC(c1ccccc1)(c1ccc(O)c(-c2cccc3ccccc23)c1)c1ccc(O)c(-c2cccc3ccccc23)c1. The van der Waals surface area contributed by atoms with E-state index in [1.54, 1.807) is 12.1 Å². The fourth-order valence-electron chi connectivity index (χ4n) is 6.32. The van der Waals surface area contributed by atoms with Crippen LogP contribution >= 0.6 is 0 Å². The zero-order valence-corrected chi connectivity index (χ0v) is 23.3. The minimum absolute atomic E-state index is 0.243. The summed E-state index contributed by atoms with van der Waals surface area (Å²) in [5.74, 6) is 0.486. The minimum Gasteiger partial charge on any atom is -0.507 e. The molecule has 0 atom stereocenters. The number of hydrogen-bond donors (Lipinski definition) is 2. The van der Waals surface area contributed by atoms with E-state index in [1.807, 2.05) is 54.6 Å². The van der Waals surface area contributed by atoms with E-state index < -0.39 is 5.41 Å². The highest BCUT2D eigenvalue weighted by atomic mass is 16.3. The molecule has 0 saturated heterocycles. The van der Waals surface area contributed by atoms with Crippen molar-refractivity contribution in [1.29, 1.82) is 0 Å². The van der Waals surface area contributed by atoms with Crippen LogP contribution < -0.4 is 0 Å². The molecule has 0 fully saturated rings. The fraction of sp³-hybridized carbons (Fsp3) is 0.0500. The Labute approximate surface area is 245 Å². The van der Waals surface area contributed by atoms with E-state index in [0.717, 1.165) is 60.5 Å². The third-order valence-electron chi connectivity index (χ3n) is 8.66. The average molecular weight is 543 g/mol. The summed E-state index contributed by atoms with van der Waals surface area (Å²) in [4.78, 5) is 0. The number of rotatable bonds is 5. The lowest BCUT2D eigenvalue weighted by atomic mass is 9.70. The quantitative estimate of drug-likeness (QED) is 0.212. The van der Waals surface area contributed by atoms with Crippen molar-refractivity contribution in [3.8, 4) is 33.8 Å². The lowest BCUT2D eigenvalue weighted by Crippen LogP contribution is -2.25. The van der Waals surface area contributed by atoms with Gasteiger partial charge in [0.15, 0.2) is 0 Å². The molecule has 0 radical (unpaired) electrons. The largest absolute Gasteiger partial charge is 0.507 e. The van der Waals surface area contributed by atoms with E-state index in [-0.39, 0.29) is 11.5 Å². The van der Waals surface area contributed by atoms with Crippen LogP contribution in [0, 0.1) is 0 Å². The van der Waals surface area contributed by atoms with Gasteiger partial charge in [0, 0.05) is 16.5 Å².